The molecule has 6 nitrogen and oxygen atoms in total. The maximum atomic E-state index is 12.0. The van der Waals surface area contributed by atoms with Gasteiger partial charge in [-0.3, -0.25) is 9.59 Å². The van der Waals surface area contributed by atoms with Crippen molar-refractivity contribution in [1.29, 1.82) is 0 Å². The fourth-order valence-corrected chi connectivity index (χ4v) is 2.55. The minimum atomic E-state index is -0.509. The van der Waals surface area contributed by atoms with E-state index in [2.05, 4.69) is 10.6 Å². The highest BCUT2D eigenvalue weighted by Gasteiger charge is 2.28. The van der Waals surface area contributed by atoms with Gasteiger partial charge >= 0.3 is 11.8 Å². The molecule has 108 valence electrons. The average molecular weight is 269 g/mol. The summed E-state index contributed by atoms with van der Waals surface area (Å²) in [5, 5.41) is 5.97. The fraction of sp³-hybridized carbons (Fsp3) is 0.846. The summed E-state index contributed by atoms with van der Waals surface area (Å²) >= 11 is 0. The molecule has 0 spiro atoms. The molecule has 2 amide bonds. The molecule has 0 aromatic heterocycles. The van der Waals surface area contributed by atoms with Gasteiger partial charge in [0.15, 0.2) is 0 Å². The quantitative estimate of drug-likeness (QED) is 0.663. The van der Waals surface area contributed by atoms with Crippen molar-refractivity contribution < 1.29 is 14.3 Å². The molecule has 0 aliphatic carbocycles. The number of amides is 2. The van der Waals surface area contributed by atoms with Gasteiger partial charge in [-0.1, -0.05) is 0 Å². The maximum absolute atomic E-state index is 12.0. The summed E-state index contributed by atoms with van der Waals surface area (Å²) in [5.74, 6) is -0.932. The summed E-state index contributed by atoms with van der Waals surface area (Å²) in [4.78, 5) is 25.6. The van der Waals surface area contributed by atoms with Crippen molar-refractivity contribution in [2.75, 3.05) is 32.8 Å². The zero-order valence-corrected chi connectivity index (χ0v) is 11.5. The largest absolute Gasteiger partial charge is 0.376 e. The van der Waals surface area contributed by atoms with Crippen molar-refractivity contribution >= 4 is 11.8 Å². The Kier molecular flexibility index (Phi) is 5.15. The lowest BCUT2D eigenvalue weighted by Gasteiger charge is -2.23. The van der Waals surface area contributed by atoms with Gasteiger partial charge in [0.1, 0.15) is 0 Å². The number of nitrogens with one attached hydrogen (secondary N) is 2. The number of hydrogen-bond donors (Lipinski definition) is 2. The molecule has 0 aromatic rings. The first kappa shape index (κ1) is 14.3. The van der Waals surface area contributed by atoms with Gasteiger partial charge in [-0.15, -0.1) is 0 Å². The first-order valence-electron chi connectivity index (χ1n) is 7.10. The highest BCUT2D eigenvalue weighted by molar-refractivity contribution is 6.35. The highest BCUT2D eigenvalue weighted by Crippen LogP contribution is 2.15. The smallest absolute Gasteiger partial charge is 0.311 e. The van der Waals surface area contributed by atoms with E-state index in [9.17, 15) is 9.59 Å². The molecule has 2 heterocycles. The van der Waals surface area contributed by atoms with Crippen LogP contribution in [0.25, 0.3) is 0 Å². The molecule has 6 heteroatoms. The summed E-state index contributed by atoms with van der Waals surface area (Å²) in [6.07, 6.45) is 2.91. The zero-order chi connectivity index (χ0) is 13.7. The number of hydrogen-bond acceptors (Lipinski definition) is 4. The fourth-order valence-electron chi connectivity index (χ4n) is 2.55. The van der Waals surface area contributed by atoms with Gasteiger partial charge < -0.3 is 20.3 Å². The number of carbonyl (C=O) groups is 2. The Morgan fingerprint density at radius 2 is 2.16 bits per heavy atom. The molecule has 2 fully saturated rings. The van der Waals surface area contributed by atoms with Gasteiger partial charge in [0.25, 0.3) is 0 Å². The molecule has 0 bridgehead atoms. The van der Waals surface area contributed by atoms with Crippen LogP contribution in [-0.2, 0) is 14.3 Å². The van der Waals surface area contributed by atoms with Crippen LogP contribution in [0.2, 0.25) is 0 Å². The summed E-state index contributed by atoms with van der Waals surface area (Å²) in [7, 11) is 0. The van der Waals surface area contributed by atoms with E-state index in [1.807, 2.05) is 6.92 Å². The third-order valence-electron chi connectivity index (χ3n) is 3.70. The van der Waals surface area contributed by atoms with Crippen LogP contribution in [0.15, 0.2) is 0 Å². The predicted octanol–water partition coefficient (Wildman–Crippen LogP) is -0.508. The summed E-state index contributed by atoms with van der Waals surface area (Å²) in [6, 6.07) is -0.107. The topological polar surface area (TPSA) is 70.7 Å². The first-order valence-corrected chi connectivity index (χ1v) is 7.10. The van der Waals surface area contributed by atoms with Crippen LogP contribution in [0.5, 0.6) is 0 Å². The Morgan fingerprint density at radius 1 is 1.32 bits per heavy atom. The molecule has 19 heavy (non-hydrogen) atoms. The van der Waals surface area contributed by atoms with Crippen molar-refractivity contribution in [3.8, 4) is 0 Å². The molecule has 0 saturated carbocycles. The van der Waals surface area contributed by atoms with Crippen LogP contribution in [0, 0.1) is 0 Å². The molecule has 2 atom stereocenters. The lowest BCUT2D eigenvalue weighted by Crippen LogP contribution is -2.49. The Labute approximate surface area is 113 Å². The average Bonchev–Trinajstić information content (AvgIpc) is 2.81. The standard InChI is InChI=1S/C13H23N3O3/c1-10(11-4-2-9-19-11)15-12(17)13(18)16-7-3-5-14-6-8-16/h10-11,14H,2-9H2,1H3,(H,15,17). The lowest BCUT2D eigenvalue weighted by molar-refractivity contribution is -0.146. The minimum absolute atomic E-state index is 0.0440. The Morgan fingerprint density at radius 3 is 2.89 bits per heavy atom. The van der Waals surface area contributed by atoms with Gasteiger partial charge in [-0.05, 0) is 32.7 Å². The molecule has 2 unspecified atom stereocenters. The van der Waals surface area contributed by atoms with Gasteiger partial charge in [-0.2, -0.15) is 0 Å². The SMILES string of the molecule is CC(NC(=O)C(=O)N1CCCNCC1)C1CCCO1. The van der Waals surface area contributed by atoms with Crippen molar-refractivity contribution in [3.63, 3.8) is 0 Å². The molecule has 2 N–H and O–H groups in total. The first-order chi connectivity index (χ1) is 9.18. The molecule has 2 saturated heterocycles. The number of rotatable bonds is 2. The molecular weight excluding hydrogens is 246 g/mol. The van der Waals surface area contributed by atoms with Crippen LogP contribution in [0.1, 0.15) is 26.2 Å². The van der Waals surface area contributed by atoms with E-state index in [4.69, 9.17) is 4.74 Å². The van der Waals surface area contributed by atoms with Crippen LogP contribution >= 0.6 is 0 Å². The summed E-state index contributed by atoms with van der Waals surface area (Å²) < 4.78 is 5.51. The predicted molar refractivity (Wildman–Crippen MR) is 70.6 cm³/mol. The van der Waals surface area contributed by atoms with Crippen molar-refractivity contribution in [1.82, 2.24) is 15.5 Å². The van der Waals surface area contributed by atoms with Crippen molar-refractivity contribution in [2.24, 2.45) is 0 Å². The third kappa shape index (κ3) is 3.91. The lowest BCUT2D eigenvalue weighted by atomic mass is 10.1. The Balaban J connectivity index is 1.82. The minimum Gasteiger partial charge on any atom is -0.376 e. The van der Waals surface area contributed by atoms with Gasteiger partial charge in [-0.25, -0.2) is 0 Å². The number of nitrogens with zero attached hydrogens (tertiary/aromatic N) is 1. The molecule has 0 radical (unpaired) electrons. The van der Waals surface area contributed by atoms with E-state index < -0.39 is 11.8 Å². The van der Waals surface area contributed by atoms with E-state index in [-0.39, 0.29) is 12.1 Å². The van der Waals surface area contributed by atoms with E-state index in [0.717, 1.165) is 39.0 Å². The van der Waals surface area contributed by atoms with E-state index >= 15 is 0 Å². The maximum Gasteiger partial charge on any atom is 0.311 e. The molecular formula is C13H23N3O3. The van der Waals surface area contributed by atoms with Crippen LogP contribution in [0.4, 0.5) is 0 Å². The van der Waals surface area contributed by atoms with E-state index in [1.165, 1.54) is 0 Å². The van der Waals surface area contributed by atoms with Gasteiger partial charge in [0.2, 0.25) is 0 Å². The van der Waals surface area contributed by atoms with Crippen molar-refractivity contribution in [2.45, 2.75) is 38.3 Å². The van der Waals surface area contributed by atoms with Gasteiger partial charge in [0.05, 0.1) is 12.1 Å². The normalized spacial score (nSPS) is 25.7. The monoisotopic (exact) mass is 269 g/mol. The zero-order valence-electron chi connectivity index (χ0n) is 11.5. The molecule has 2 aliphatic heterocycles. The van der Waals surface area contributed by atoms with Crippen LogP contribution < -0.4 is 10.6 Å². The molecule has 2 rings (SSSR count). The van der Waals surface area contributed by atoms with Gasteiger partial charge in [0, 0.05) is 26.2 Å². The number of carbonyl (C=O) groups excluding carboxylic acids is 2. The van der Waals surface area contributed by atoms with Crippen molar-refractivity contribution in [3.05, 3.63) is 0 Å². The highest BCUT2D eigenvalue weighted by atomic mass is 16.5. The summed E-state index contributed by atoms with van der Waals surface area (Å²) in [5.41, 5.74) is 0. The second-order valence-corrected chi connectivity index (χ2v) is 5.21. The van der Waals surface area contributed by atoms with E-state index in [0.29, 0.717) is 13.1 Å². The van der Waals surface area contributed by atoms with Crippen LogP contribution in [0.3, 0.4) is 0 Å². The number of ether oxygens (including phenoxy) is 1. The molecule has 2 aliphatic rings. The van der Waals surface area contributed by atoms with E-state index in [1.54, 1.807) is 4.90 Å². The summed E-state index contributed by atoms with van der Waals surface area (Å²) in [6.45, 7) is 5.54. The van der Waals surface area contributed by atoms with Crippen LogP contribution in [-0.4, -0.2) is 61.6 Å². The third-order valence-corrected chi connectivity index (χ3v) is 3.70. The second kappa shape index (κ2) is 6.86. The molecule has 0 aromatic carbocycles. The Bertz CT molecular complexity index is 321. The Hall–Kier alpha value is -1.14. The second-order valence-electron chi connectivity index (χ2n) is 5.21.